The molecule has 2 rings (SSSR count). The smallest absolute Gasteiger partial charge is 0.228 e. The summed E-state index contributed by atoms with van der Waals surface area (Å²) in [6.07, 6.45) is 0. The maximum atomic E-state index is 8.90. The maximum absolute atomic E-state index is 8.90. The number of nitrogens with zero attached hydrogens (tertiary/aromatic N) is 3. The fraction of sp³-hybridized carbons (Fsp3) is 0.267. The molecular weight excluding hydrogens is 236 g/mol. The first kappa shape index (κ1) is 13.0. The minimum atomic E-state index is 0.370. The van der Waals surface area contributed by atoms with Gasteiger partial charge in [0.15, 0.2) is 0 Å². The molecule has 0 aliphatic carbocycles. The van der Waals surface area contributed by atoms with E-state index in [0.717, 1.165) is 11.4 Å². The Hall–Kier alpha value is -2.41. The summed E-state index contributed by atoms with van der Waals surface area (Å²) in [4.78, 5) is 8.42. The molecule has 19 heavy (non-hydrogen) atoms. The molecule has 0 amide bonds. The topological polar surface area (TPSA) is 61.6 Å². The van der Waals surface area contributed by atoms with E-state index in [1.54, 1.807) is 6.07 Å². The van der Waals surface area contributed by atoms with Crippen LogP contribution in [0.4, 0.5) is 11.6 Å². The molecule has 0 saturated heterocycles. The van der Waals surface area contributed by atoms with Crippen molar-refractivity contribution in [3.63, 3.8) is 0 Å². The van der Waals surface area contributed by atoms with Crippen LogP contribution in [0.5, 0.6) is 0 Å². The third-order valence-corrected chi connectivity index (χ3v) is 2.78. The van der Waals surface area contributed by atoms with Gasteiger partial charge in [-0.05, 0) is 36.6 Å². The summed E-state index contributed by atoms with van der Waals surface area (Å²) in [7, 11) is 0. The molecule has 0 atom stereocenters. The quantitative estimate of drug-likeness (QED) is 0.907. The highest BCUT2D eigenvalue weighted by molar-refractivity contribution is 5.55. The molecule has 1 aromatic heterocycles. The van der Waals surface area contributed by atoms with E-state index in [1.807, 2.05) is 25.1 Å². The first-order valence-corrected chi connectivity index (χ1v) is 6.21. The number of aryl methyl sites for hydroxylation is 1. The minimum absolute atomic E-state index is 0.370. The van der Waals surface area contributed by atoms with E-state index in [9.17, 15) is 0 Å². The normalized spacial score (nSPS) is 10.3. The number of aromatic nitrogens is 2. The second-order valence-corrected chi connectivity index (χ2v) is 4.74. The van der Waals surface area contributed by atoms with Crippen LogP contribution in [-0.2, 0) is 0 Å². The number of hydrogen-bond acceptors (Lipinski definition) is 4. The second-order valence-electron chi connectivity index (χ2n) is 4.74. The molecule has 0 aliphatic rings. The maximum Gasteiger partial charge on any atom is 0.228 e. The molecule has 0 spiro atoms. The zero-order valence-corrected chi connectivity index (χ0v) is 11.3. The van der Waals surface area contributed by atoms with Crippen molar-refractivity contribution < 1.29 is 0 Å². The predicted octanol–water partition coefficient (Wildman–Crippen LogP) is 3.52. The Labute approximate surface area is 113 Å². The third-order valence-electron chi connectivity index (χ3n) is 2.78. The monoisotopic (exact) mass is 252 g/mol. The number of nitrogens with one attached hydrogen (secondary N) is 1. The van der Waals surface area contributed by atoms with Crippen LogP contribution in [-0.4, -0.2) is 9.97 Å². The Kier molecular flexibility index (Phi) is 3.76. The highest BCUT2D eigenvalue weighted by atomic mass is 15.1. The molecule has 0 fully saturated rings. The van der Waals surface area contributed by atoms with Gasteiger partial charge in [0.05, 0.1) is 0 Å². The lowest BCUT2D eigenvalue weighted by atomic mass is 10.0. The van der Waals surface area contributed by atoms with E-state index in [0.29, 0.717) is 17.6 Å². The molecule has 4 nitrogen and oxygen atoms in total. The van der Waals surface area contributed by atoms with Crippen LogP contribution in [0.15, 0.2) is 30.3 Å². The fourth-order valence-electron chi connectivity index (χ4n) is 1.79. The Morgan fingerprint density at radius 2 is 2.00 bits per heavy atom. The Bertz CT molecular complexity index is 626. The van der Waals surface area contributed by atoms with Crippen molar-refractivity contribution in [3.8, 4) is 6.07 Å². The first-order valence-electron chi connectivity index (χ1n) is 6.21. The van der Waals surface area contributed by atoms with Crippen molar-refractivity contribution in [2.24, 2.45) is 0 Å². The zero-order chi connectivity index (χ0) is 13.8. The van der Waals surface area contributed by atoms with Crippen LogP contribution in [0.3, 0.4) is 0 Å². The van der Waals surface area contributed by atoms with Crippen LogP contribution < -0.4 is 5.32 Å². The number of benzene rings is 1. The fourth-order valence-corrected chi connectivity index (χ4v) is 1.79. The molecule has 2 aromatic rings. The molecule has 96 valence electrons. The van der Waals surface area contributed by atoms with E-state index >= 15 is 0 Å². The average molecular weight is 252 g/mol. The van der Waals surface area contributed by atoms with E-state index in [1.165, 1.54) is 5.56 Å². The van der Waals surface area contributed by atoms with Gasteiger partial charge in [0, 0.05) is 11.4 Å². The molecule has 1 N–H and O–H groups in total. The lowest BCUT2D eigenvalue weighted by Gasteiger charge is -2.09. The van der Waals surface area contributed by atoms with Crippen molar-refractivity contribution in [3.05, 3.63) is 47.3 Å². The van der Waals surface area contributed by atoms with Gasteiger partial charge < -0.3 is 5.32 Å². The van der Waals surface area contributed by atoms with E-state index in [4.69, 9.17) is 5.26 Å². The number of rotatable bonds is 3. The van der Waals surface area contributed by atoms with Gasteiger partial charge in [-0.1, -0.05) is 26.0 Å². The Morgan fingerprint density at radius 1 is 1.21 bits per heavy atom. The number of nitriles is 1. The van der Waals surface area contributed by atoms with Crippen molar-refractivity contribution in [2.45, 2.75) is 26.7 Å². The van der Waals surface area contributed by atoms with Crippen molar-refractivity contribution in [1.82, 2.24) is 9.97 Å². The summed E-state index contributed by atoms with van der Waals surface area (Å²) < 4.78 is 0. The van der Waals surface area contributed by atoms with Crippen molar-refractivity contribution >= 4 is 11.6 Å². The SMILES string of the molecule is Cc1cc(C#N)nc(Nc2cccc(C(C)C)c2)n1. The van der Waals surface area contributed by atoms with Gasteiger partial charge >= 0.3 is 0 Å². The summed E-state index contributed by atoms with van der Waals surface area (Å²) in [5.41, 5.74) is 3.32. The molecule has 4 heteroatoms. The van der Waals surface area contributed by atoms with Gasteiger partial charge in [0.2, 0.25) is 5.95 Å². The van der Waals surface area contributed by atoms with Crippen LogP contribution >= 0.6 is 0 Å². The first-order chi connectivity index (χ1) is 9.08. The van der Waals surface area contributed by atoms with E-state index in [2.05, 4.69) is 41.3 Å². The standard InChI is InChI=1S/C15H16N4/c1-10(2)12-5-4-6-13(8-12)18-15-17-11(3)7-14(9-16)19-15/h4-8,10H,1-3H3,(H,17,18,19). The third kappa shape index (κ3) is 3.29. The van der Waals surface area contributed by atoms with Gasteiger partial charge in [-0.2, -0.15) is 5.26 Å². The highest BCUT2D eigenvalue weighted by Gasteiger charge is 2.04. The van der Waals surface area contributed by atoms with Crippen LogP contribution in [0.1, 0.15) is 36.7 Å². The summed E-state index contributed by atoms with van der Waals surface area (Å²) in [5, 5.41) is 12.0. The molecular formula is C15H16N4. The van der Waals surface area contributed by atoms with E-state index in [-0.39, 0.29) is 0 Å². The minimum Gasteiger partial charge on any atom is -0.324 e. The van der Waals surface area contributed by atoms with Crippen molar-refractivity contribution in [1.29, 1.82) is 5.26 Å². The molecule has 1 aromatic carbocycles. The molecule has 0 aliphatic heterocycles. The molecule has 0 saturated carbocycles. The number of anilines is 2. The molecule has 0 unspecified atom stereocenters. The molecule has 0 radical (unpaired) electrons. The summed E-state index contributed by atoms with van der Waals surface area (Å²) in [6, 6.07) is 11.8. The van der Waals surface area contributed by atoms with Gasteiger partial charge in [0.1, 0.15) is 11.8 Å². The Balaban J connectivity index is 2.28. The van der Waals surface area contributed by atoms with Gasteiger partial charge in [-0.3, -0.25) is 0 Å². The summed E-state index contributed by atoms with van der Waals surface area (Å²) in [5.74, 6) is 0.923. The van der Waals surface area contributed by atoms with Gasteiger partial charge in [-0.15, -0.1) is 0 Å². The number of hydrogen-bond donors (Lipinski definition) is 1. The predicted molar refractivity (Wildman–Crippen MR) is 75.3 cm³/mol. The summed E-state index contributed by atoms with van der Waals surface area (Å²) >= 11 is 0. The Morgan fingerprint density at radius 3 is 2.68 bits per heavy atom. The lowest BCUT2D eigenvalue weighted by Crippen LogP contribution is -2.01. The average Bonchev–Trinajstić information content (AvgIpc) is 2.38. The molecule has 1 heterocycles. The van der Waals surface area contributed by atoms with Crippen molar-refractivity contribution in [2.75, 3.05) is 5.32 Å². The zero-order valence-electron chi connectivity index (χ0n) is 11.3. The van der Waals surface area contributed by atoms with Crippen LogP contribution in [0.25, 0.3) is 0 Å². The highest BCUT2D eigenvalue weighted by Crippen LogP contribution is 2.20. The van der Waals surface area contributed by atoms with Gasteiger partial charge in [-0.25, -0.2) is 9.97 Å². The van der Waals surface area contributed by atoms with Gasteiger partial charge in [0.25, 0.3) is 0 Å². The summed E-state index contributed by atoms with van der Waals surface area (Å²) in [6.45, 7) is 6.14. The molecule has 0 bridgehead atoms. The van der Waals surface area contributed by atoms with Crippen LogP contribution in [0, 0.1) is 18.3 Å². The second kappa shape index (κ2) is 5.49. The van der Waals surface area contributed by atoms with E-state index < -0.39 is 0 Å². The van der Waals surface area contributed by atoms with Crippen LogP contribution in [0.2, 0.25) is 0 Å². The largest absolute Gasteiger partial charge is 0.324 e. The lowest BCUT2D eigenvalue weighted by molar-refractivity contribution is 0.867.